The van der Waals surface area contributed by atoms with Gasteiger partial charge >= 0.3 is 0 Å². The van der Waals surface area contributed by atoms with Crippen molar-refractivity contribution in [1.29, 1.82) is 0 Å². The van der Waals surface area contributed by atoms with Crippen LogP contribution in [0.1, 0.15) is 30.6 Å². The van der Waals surface area contributed by atoms with Crippen LogP contribution in [0.4, 0.5) is 4.39 Å². The highest BCUT2D eigenvalue weighted by molar-refractivity contribution is 9.10. The van der Waals surface area contributed by atoms with Crippen LogP contribution in [0.5, 0.6) is 0 Å². The molecular formula is C16H22BrFN2O. The molecule has 0 spiro atoms. The van der Waals surface area contributed by atoms with Gasteiger partial charge in [0.2, 0.25) is 0 Å². The number of rotatable bonds is 4. The summed E-state index contributed by atoms with van der Waals surface area (Å²) in [5.41, 5.74) is 0.343. The number of nitrogens with zero attached hydrogens (tertiary/aromatic N) is 1. The molecule has 21 heavy (non-hydrogen) atoms. The summed E-state index contributed by atoms with van der Waals surface area (Å²) in [5, 5.41) is 2.87. The van der Waals surface area contributed by atoms with E-state index in [0.717, 1.165) is 19.6 Å². The fourth-order valence-corrected chi connectivity index (χ4v) is 3.50. The second-order valence-electron chi connectivity index (χ2n) is 6.09. The summed E-state index contributed by atoms with van der Waals surface area (Å²) >= 11 is 3.28. The normalized spacial score (nSPS) is 23.0. The van der Waals surface area contributed by atoms with Gasteiger partial charge in [-0.3, -0.25) is 4.79 Å². The zero-order valence-electron chi connectivity index (χ0n) is 12.5. The first-order valence-electron chi connectivity index (χ1n) is 7.41. The van der Waals surface area contributed by atoms with Crippen molar-refractivity contribution in [2.45, 2.75) is 20.3 Å². The Bertz CT molecular complexity index is 499. The second kappa shape index (κ2) is 7.36. The van der Waals surface area contributed by atoms with Crippen molar-refractivity contribution in [2.75, 3.05) is 26.2 Å². The zero-order chi connectivity index (χ0) is 15.4. The van der Waals surface area contributed by atoms with Gasteiger partial charge in [0.25, 0.3) is 5.91 Å². The highest BCUT2D eigenvalue weighted by atomic mass is 79.9. The largest absolute Gasteiger partial charge is 0.351 e. The number of carbonyl (C=O) groups excluding carboxylic acids is 1. The van der Waals surface area contributed by atoms with E-state index < -0.39 is 5.82 Å². The van der Waals surface area contributed by atoms with Crippen LogP contribution in [-0.4, -0.2) is 37.0 Å². The lowest BCUT2D eigenvalue weighted by Crippen LogP contribution is -2.42. The molecular weight excluding hydrogens is 335 g/mol. The predicted molar refractivity (Wildman–Crippen MR) is 85.8 cm³/mol. The van der Waals surface area contributed by atoms with Gasteiger partial charge in [-0.25, -0.2) is 4.39 Å². The lowest BCUT2D eigenvalue weighted by Gasteiger charge is -2.34. The third kappa shape index (κ3) is 4.78. The summed E-state index contributed by atoms with van der Waals surface area (Å²) < 4.78 is 13.8. The Hall–Kier alpha value is -0.940. The quantitative estimate of drug-likeness (QED) is 0.897. The average molecular weight is 357 g/mol. The van der Waals surface area contributed by atoms with Gasteiger partial charge in [0.05, 0.1) is 5.56 Å². The number of halogens is 2. The number of hydrogen-bond donors (Lipinski definition) is 1. The molecule has 1 aromatic rings. The molecule has 0 aromatic heterocycles. The zero-order valence-corrected chi connectivity index (χ0v) is 14.1. The molecule has 1 aliphatic heterocycles. The maximum Gasteiger partial charge on any atom is 0.252 e. The standard InChI is InChI=1S/C16H22BrFN2O/c1-11-7-12(2)10-20(9-11)6-5-19-16(21)14-8-13(18)3-4-15(14)17/h3-4,8,11-12H,5-7,9-10H2,1-2H3,(H,19,21). The Labute approximate surface area is 134 Å². The number of hydrogen-bond acceptors (Lipinski definition) is 2. The molecule has 3 nitrogen and oxygen atoms in total. The fourth-order valence-electron chi connectivity index (χ4n) is 3.07. The first kappa shape index (κ1) is 16.4. The van der Waals surface area contributed by atoms with E-state index in [0.29, 0.717) is 28.4 Å². The molecule has 0 aliphatic carbocycles. The van der Waals surface area contributed by atoms with Crippen molar-refractivity contribution in [2.24, 2.45) is 11.8 Å². The molecule has 1 heterocycles. The van der Waals surface area contributed by atoms with Crippen LogP contribution in [0.15, 0.2) is 22.7 Å². The molecule has 0 saturated carbocycles. The van der Waals surface area contributed by atoms with Crippen LogP contribution < -0.4 is 5.32 Å². The summed E-state index contributed by atoms with van der Waals surface area (Å²) in [5.74, 6) is 0.783. The van der Waals surface area contributed by atoms with Crippen molar-refractivity contribution in [1.82, 2.24) is 10.2 Å². The molecule has 0 radical (unpaired) electrons. The highest BCUT2D eigenvalue weighted by Gasteiger charge is 2.21. The van der Waals surface area contributed by atoms with Crippen LogP contribution in [0.25, 0.3) is 0 Å². The molecule has 1 N–H and O–H groups in total. The Morgan fingerprint density at radius 1 is 1.38 bits per heavy atom. The van der Waals surface area contributed by atoms with Crippen molar-refractivity contribution >= 4 is 21.8 Å². The number of likely N-dealkylation sites (tertiary alicyclic amines) is 1. The van der Waals surface area contributed by atoms with Crippen molar-refractivity contribution in [3.8, 4) is 0 Å². The molecule has 1 amide bonds. The van der Waals surface area contributed by atoms with E-state index in [2.05, 4.69) is 40.0 Å². The number of nitrogens with one attached hydrogen (secondary N) is 1. The lowest BCUT2D eigenvalue weighted by molar-refractivity contribution is 0.0935. The third-order valence-electron chi connectivity index (χ3n) is 3.83. The van der Waals surface area contributed by atoms with E-state index in [1.807, 2.05) is 0 Å². The van der Waals surface area contributed by atoms with Gasteiger partial charge in [0.15, 0.2) is 0 Å². The summed E-state index contributed by atoms with van der Waals surface area (Å²) in [6.45, 7) is 8.14. The minimum absolute atomic E-state index is 0.237. The van der Waals surface area contributed by atoms with Crippen LogP contribution in [0.3, 0.4) is 0 Å². The second-order valence-corrected chi connectivity index (χ2v) is 6.94. The Morgan fingerprint density at radius 2 is 2.05 bits per heavy atom. The summed E-state index contributed by atoms with van der Waals surface area (Å²) in [4.78, 5) is 14.5. The SMILES string of the molecule is CC1CC(C)CN(CCNC(=O)c2cc(F)ccc2Br)C1. The number of carbonyl (C=O) groups is 1. The van der Waals surface area contributed by atoms with E-state index in [1.165, 1.54) is 18.6 Å². The van der Waals surface area contributed by atoms with Crippen molar-refractivity contribution in [3.63, 3.8) is 0 Å². The van der Waals surface area contributed by atoms with E-state index >= 15 is 0 Å². The Morgan fingerprint density at radius 3 is 2.71 bits per heavy atom. The van der Waals surface area contributed by atoms with Gasteiger partial charge in [-0.2, -0.15) is 0 Å². The van der Waals surface area contributed by atoms with E-state index in [1.54, 1.807) is 6.07 Å². The summed E-state index contributed by atoms with van der Waals surface area (Å²) in [6.07, 6.45) is 1.28. The molecule has 2 unspecified atom stereocenters. The van der Waals surface area contributed by atoms with Gasteiger partial charge in [-0.15, -0.1) is 0 Å². The van der Waals surface area contributed by atoms with Gasteiger partial charge in [-0.1, -0.05) is 13.8 Å². The van der Waals surface area contributed by atoms with Gasteiger partial charge in [0, 0.05) is 30.7 Å². The van der Waals surface area contributed by atoms with Crippen LogP contribution in [-0.2, 0) is 0 Å². The maximum absolute atomic E-state index is 13.2. The number of piperidine rings is 1. The smallest absolute Gasteiger partial charge is 0.252 e. The molecule has 1 aliphatic rings. The molecule has 1 aromatic carbocycles. The third-order valence-corrected chi connectivity index (χ3v) is 4.52. The van der Waals surface area contributed by atoms with Gasteiger partial charge in [-0.05, 0) is 52.4 Å². The average Bonchev–Trinajstić information content (AvgIpc) is 2.40. The van der Waals surface area contributed by atoms with Crippen LogP contribution >= 0.6 is 15.9 Å². The maximum atomic E-state index is 13.2. The molecule has 0 bridgehead atoms. The van der Waals surface area contributed by atoms with Gasteiger partial charge in [0.1, 0.15) is 5.82 Å². The Kier molecular flexibility index (Phi) is 5.76. The minimum atomic E-state index is -0.401. The van der Waals surface area contributed by atoms with E-state index in [-0.39, 0.29) is 5.91 Å². The first-order chi connectivity index (χ1) is 9.95. The molecule has 116 valence electrons. The molecule has 1 fully saturated rings. The number of benzene rings is 1. The van der Waals surface area contributed by atoms with Crippen LogP contribution in [0, 0.1) is 17.7 Å². The van der Waals surface area contributed by atoms with Crippen molar-refractivity contribution < 1.29 is 9.18 Å². The first-order valence-corrected chi connectivity index (χ1v) is 8.20. The fraction of sp³-hybridized carbons (Fsp3) is 0.562. The highest BCUT2D eigenvalue weighted by Crippen LogP contribution is 2.20. The van der Waals surface area contributed by atoms with E-state index in [4.69, 9.17) is 0 Å². The molecule has 1 saturated heterocycles. The lowest BCUT2D eigenvalue weighted by atomic mass is 9.92. The molecule has 5 heteroatoms. The van der Waals surface area contributed by atoms with Crippen LogP contribution in [0.2, 0.25) is 0 Å². The topological polar surface area (TPSA) is 32.3 Å². The summed E-state index contributed by atoms with van der Waals surface area (Å²) in [6, 6.07) is 4.14. The summed E-state index contributed by atoms with van der Waals surface area (Å²) in [7, 11) is 0. The monoisotopic (exact) mass is 356 g/mol. The minimum Gasteiger partial charge on any atom is -0.351 e. The molecule has 2 atom stereocenters. The Balaban J connectivity index is 1.83. The predicted octanol–water partition coefficient (Wildman–Crippen LogP) is 3.30. The van der Waals surface area contributed by atoms with E-state index in [9.17, 15) is 9.18 Å². The van der Waals surface area contributed by atoms with Gasteiger partial charge < -0.3 is 10.2 Å². The number of amides is 1. The molecule has 2 rings (SSSR count). The van der Waals surface area contributed by atoms with Crippen molar-refractivity contribution in [3.05, 3.63) is 34.1 Å².